The number of carboxylic acids is 1. The fourth-order valence-corrected chi connectivity index (χ4v) is 11.0. The molecule has 2 unspecified atom stereocenters. The van der Waals surface area contributed by atoms with E-state index in [1.54, 1.807) is 69.4 Å². The molecule has 6 N–H and O–H groups in total. The maximum atomic E-state index is 13.8. The third kappa shape index (κ3) is 40.0. The van der Waals surface area contributed by atoms with Gasteiger partial charge in [0.15, 0.2) is 69.8 Å². The topological polar surface area (TPSA) is 362 Å². The van der Waals surface area contributed by atoms with Crippen LogP contribution in [0.5, 0.6) is 0 Å². The number of ketones is 1. The second-order valence-corrected chi connectivity index (χ2v) is 32.1. The van der Waals surface area contributed by atoms with E-state index < -0.39 is 213 Å². The maximum absolute atomic E-state index is 13.8. The van der Waals surface area contributed by atoms with Gasteiger partial charge < -0.3 is 70.2 Å². The molecule has 7 atom stereocenters. The Labute approximate surface area is 750 Å². The Balaban J connectivity index is 0.000000525. The van der Waals surface area contributed by atoms with Crippen LogP contribution in [0.25, 0.3) is 5.53 Å². The molecule has 0 saturated carbocycles. The Hall–Kier alpha value is -12.2. The van der Waals surface area contributed by atoms with Gasteiger partial charge in [-0.25, -0.2) is 118 Å². The van der Waals surface area contributed by atoms with Crippen molar-refractivity contribution in [3.8, 4) is 0 Å². The number of Topliss-reactive ketones (excluding diaryl/α,β-unsaturated/α-hetero) is 1. The summed E-state index contributed by atoms with van der Waals surface area (Å²) in [4.78, 5) is 101. The zero-order valence-corrected chi connectivity index (χ0v) is 75.8. The van der Waals surface area contributed by atoms with Gasteiger partial charge in [-0.15, -0.1) is 0 Å². The molecule has 0 fully saturated rings. The van der Waals surface area contributed by atoms with Crippen LogP contribution < -0.4 is 21.7 Å². The number of methoxy groups -OCH3 is 5. The summed E-state index contributed by atoms with van der Waals surface area (Å²) in [6.07, 6.45) is -4.14. The van der Waals surface area contributed by atoms with Gasteiger partial charge in [-0.3, -0.25) is 14.6 Å². The van der Waals surface area contributed by atoms with E-state index in [1.165, 1.54) is 14.2 Å². The summed E-state index contributed by atoms with van der Waals surface area (Å²) in [7, 11) is 6.79. The highest BCUT2D eigenvalue weighted by Gasteiger charge is 2.35. The normalized spacial score (nSPS) is 14.7. The molecular formula is C86H99BrF18N10O16. The number of benzene rings is 6. The first kappa shape index (κ1) is 115. The number of amides is 3. The fraction of sp³-hybridized carbons (Fsp3) is 0.442. The Morgan fingerprint density at radius 3 is 1.06 bits per heavy atom. The number of aliphatic imine (C=N–C) groups is 4. The van der Waals surface area contributed by atoms with Crippen molar-refractivity contribution in [3.63, 3.8) is 0 Å². The highest BCUT2D eigenvalue weighted by Crippen LogP contribution is 2.26. The van der Waals surface area contributed by atoms with E-state index >= 15 is 0 Å². The minimum atomic E-state index is -1.55. The van der Waals surface area contributed by atoms with Gasteiger partial charge in [0.2, 0.25) is 17.7 Å². The summed E-state index contributed by atoms with van der Waals surface area (Å²) in [5.41, 5.74) is 11.3. The number of carboxylic acid groups (broad SMARTS) is 1. The zero-order chi connectivity index (χ0) is 100. The van der Waals surface area contributed by atoms with Crippen molar-refractivity contribution in [2.75, 3.05) is 42.1 Å². The number of nitrogens with zero attached hydrogens (tertiary/aromatic N) is 6. The molecule has 0 bridgehead atoms. The first-order valence-electron chi connectivity index (χ1n) is 38.7. The minimum absolute atomic E-state index is 0.000787. The first-order chi connectivity index (χ1) is 60.7. The molecule has 0 spiro atoms. The number of ether oxygens (including phenoxy) is 8. The van der Waals surface area contributed by atoms with Crippen LogP contribution in [0.15, 0.2) is 92.8 Å². The molecule has 0 radical (unpaired) electrons. The van der Waals surface area contributed by atoms with Crippen LogP contribution in [0, 0.1) is 117 Å². The molecular weight excluding hydrogens is 1850 g/mol. The lowest BCUT2D eigenvalue weighted by Crippen LogP contribution is -2.45. The van der Waals surface area contributed by atoms with E-state index in [-0.39, 0.29) is 69.6 Å². The summed E-state index contributed by atoms with van der Waals surface area (Å²) in [6.45, 7) is 25.2. The first-order valence-corrected chi connectivity index (χ1v) is 39.9. The molecule has 2 aliphatic heterocycles. The lowest BCUT2D eigenvalue weighted by Gasteiger charge is -2.27. The maximum Gasteiger partial charge on any atom is 0.408 e. The number of hydrogen-bond donors (Lipinski definition) is 5. The summed E-state index contributed by atoms with van der Waals surface area (Å²) in [5.74, 6) is -22.6. The molecule has 6 aromatic rings. The van der Waals surface area contributed by atoms with Crippen molar-refractivity contribution in [1.82, 2.24) is 16.0 Å². The van der Waals surface area contributed by atoms with Gasteiger partial charge in [0.25, 0.3) is 5.78 Å². The average molecular weight is 1950 g/mol. The van der Waals surface area contributed by atoms with Crippen molar-refractivity contribution < 1.29 is 160 Å². The van der Waals surface area contributed by atoms with Crippen molar-refractivity contribution in [2.45, 2.75) is 193 Å². The molecule has 45 heteroatoms. The number of carbonyl (C=O) groups is 7. The number of halogens is 19. The largest absolute Gasteiger partial charge is 0.483 e. The minimum Gasteiger partial charge on any atom is -0.483 e. The van der Waals surface area contributed by atoms with Gasteiger partial charge in [0, 0.05) is 85.1 Å². The van der Waals surface area contributed by atoms with Crippen molar-refractivity contribution in [1.29, 1.82) is 0 Å². The number of alkyl halides is 1. The van der Waals surface area contributed by atoms with Gasteiger partial charge in [-0.2, -0.15) is 4.79 Å². The number of hydrogen-bond acceptors (Lipinski definition) is 20. The van der Waals surface area contributed by atoms with E-state index in [9.17, 15) is 113 Å². The van der Waals surface area contributed by atoms with Crippen molar-refractivity contribution >= 4 is 87.5 Å². The second-order valence-electron chi connectivity index (χ2n) is 31.5. The Morgan fingerprint density at radius 1 is 0.435 bits per heavy atom. The monoisotopic (exact) mass is 1950 g/mol. The van der Waals surface area contributed by atoms with E-state index in [0.29, 0.717) is 91.1 Å². The van der Waals surface area contributed by atoms with Crippen LogP contribution >= 0.6 is 15.9 Å². The smallest absolute Gasteiger partial charge is 0.408 e. The van der Waals surface area contributed by atoms with E-state index in [4.69, 9.17) is 44.8 Å². The molecule has 0 aliphatic carbocycles. The van der Waals surface area contributed by atoms with E-state index in [0.717, 1.165) is 38.0 Å². The predicted molar refractivity (Wildman–Crippen MR) is 445 cm³/mol. The highest BCUT2D eigenvalue weighted by molar-refractivity contribution is 9.08. The fourth-order valence-electron chi connectivity index (χ4n) is 10.6. The Morgan fingerprint density at radius 2 is 0.733 bits per heavy atom. The lowest BCUT2D eigenvalue weighted by atomic mass is 10.00. The summed E-state index contributed by atoms with van der Waals surface area (Å²) in [5, 5.41) is 15.6. The third-order valence-corrected chi connectivity index (χ3v) is 17.4. The van der Waals surface area contributed by atoms with Crippen LogP contribution in [0.4, 0.5) is 93.4 Å². The van der Waals surface area contributed by atoms with Crippen LogP contribution in [-0.2, 0) is 94.5 Å². The molecule has 722 valence electrons. The molecule has 0 aromatic heterocycles. The van der Waals surface area contributed by atoms with Crippen molar-refractivity contribution in [2.24, 2.45) is 37.5 Å². The number of nitrogens with one attached hydrogen (secondary N) is 3. The number of carbonyl (C=O) groups excluding carboxylic acids is 6. The number of alkyl carbamates (subject to hydrolysis) is 3. The average Bonchev–Trinajstić information content (AvgIpc) is 0.798. The molecule has 2 aliphatic rings. The van der Waals surface area contributed by atoms with Crippen LogP contribution in [-0.4, -0.2) is 183 Å². The number of rotatable bonds is 21. The van der Waals surface area contributed by atoms with Crippen LogP contribution in [0.2, 0.25) is 0 Å². The number of nitrogens with two attached hydrogens (primary N) is 1. The van der Waals surface area contributed by atoms with Crippen molar-refractivity contribution in [3.05, 3.63) is 216 Å². The molecule has 3 amide bonds. The van der Waals surface area contributed by atoms with Gasteiger partial charge in [0.1, 0.15) is 94.0 Å². The highest BCUT2D eigenvalue weighted by atomic mass is 79.9. The molecule has 8 rings (SSSR count). The number of esters is 2. The Bertz CT molecular complexity index is 5140. The number of aliphatic carboxylic acids is 1. The van der Waals surface area contributed by atoms with Crippen LogP contribution in [0.3, 0.4) is 0 Å². The summed E-state index contributed by atoms with van der Waals surface area (Å²) in [6, 6.07) is 0.407. The van der Waals surface area contributed by atoms with Gasteiger partial charge in [0.05, 0.1) is 42.1 Å². The van der Waals surface area contributed by atoms with Crippen LogP contribution in [0.1, 0.15) is 130 Å². The molecule has 6 aromatic carbocycles. The lowest BCUT2D eigenvalue weighted by molar-refractivity contribution is -0.143. The zero-order valence-electron chi connectivity index (χ0n) is 74.2. The SMILES string of the molecule is CC(C)(C)OC(=O)N[C@H](Cc1cc(F)c(F)cc1F)C(=O)C=[N+]=[N-].CC(C)(C)OC(=O)N[C@H](Cc1cc(F)c(F)cc1F)C(=O)O.COC(=O)[C@@H](Cc1cc(F)c(F)cc1F)NC(=O)OC(C)(C)C.COC(=O)[C@H](N)Cc1cc(F)c(F)cc1F.COC1=NCC(C)=NC1C(C)C.COC1=N[C@@H](C(C)C)C(OC)=NC1Cc1cc(F)c(F)cc1F.Fc1cc(F)c(CBr)cc1F. The van der Waals surface area contributed by atoms with E-state index in [2.05, 4.69) is 74.6 Å². The summed E-state index contributed by atoms with van der Waals surface area (Å²) < 4.78 is 274. The predicted octanol–water partition coefficient (Wildman–Crippen LogP) is 16.6. The van der Waals surface area contributed by atoms with Gasteiger partial charge in [-0.05, 0) is 145 Å². The standard InChI is InChI=1S/C16H19F3N2O2.C15H16F3N3O3.C15H18F3NO4.C14H16F3NO4.C10H10F3NO2.C9H16N2O.C7H4BrF3/c1-8(2)14-16(23-4)20-13(15(21-14)22-3)6-9-5-11(18)12(19)7-10(9)17;1-15(2,3)24-14(23)21-12(13(22)7-20-19)5-8-4-10(17)11(18)6-9(8)16;1-15(2,3)23-14(21)19-12(13(20)22-4)6-8-5-10(17)11(18)7-9(8)16;1-14(2,3)22-13(21)18-11(12(19)20)5-7-4-9(16)10(17)6-8(7)15;1-16-10(15)9(14)3-5-2-7(12)8(13)4-6(5)11;1-6(2)8-9(12-4)10-5-7(3)11-8;8-3-4-1-6(10)7(11)2-5(4)9/h5,7-8,13-14H,6H2,1-4H3;4,6-7,12H,5H2,1-3H3,(H,21,23);5,7,12H,6H2,1-4H3,(H,19,21);4,6,11H,5H2,1-3H3,(H,18,21)(H,19,20);2,4,9H,3,14H2,1H3;6,8H,5H2,1-4H3;1-2H,3H2/t13?,14-;2*12-;11-;9-;;/m01111../s1. The quantitative estimate of drug-likeness (QED) is 0.00653. The Kier molecular flexibility index (Phi) is 46.7. The third-order valence-electron chi connectivity index (χ3n) is 16.7. The molecule has 0 saturated heterocycles. The molecule has 2 heterocycles. The summed E-state index contributed by atoms with van der Waals surface area (Å²) >= 11 is 2.94. The second kappa shape index (κ2) is 53.2. The van der Waals surface area contributed by atoms with Gasteiger partial charge >= 0.3 is 42.4 Å². The van der Waals surface area contributed by atoms with E-state index in [1.807, 2.05) is 26.1 Å². The van der Waals surface area contributed by atoms with Gasteiger partial charge in [-0.1, -0.05) is 43.6 Å². The molecule has 131 heavy (non-hydrogen) atoms. The molecule has 26 nitrogen and oxygen atoms in total.